The SMILES string of the molecule is Cl.O=C(O)c1cn(CC=C2CN(C(C(=O)C3CC3)c3ccccc3F)CCC2S)nn1. The number of aromatic nitrogens is 3. The van der Waals surface area contributed by atoms with Gasteiger partial charge < -0.3 is 5.11 Å². The Bertz CT molecular complexity index is 995. The van der Waals surface area contributed by atoms with Crippen LogP contribution >= 0.6 is 25.0 Å². The minimum absolute atomic E-state index is 0. The lowest BCUT2D eigenvalue weighted by Gasteiger charge is -2.37. The van der Waals surface area contributed by atoms with Crippen molar-refractivity contribution in [3.63, 3.8) is 0 Å². The number of ketones is 1. The van der Waals surface area contributed by atoms with Gasteiger partial charge in [0.25, 0.3) is 0 Å². The van der Waals surface area contributed by atoms with Crippen LogP contribution in [0.4, 0.5) is 4.39 Å². The summed E-state index contributed by atoms with van der Waals surface area (Å²) in [5.41, 5.74) is 1.31. The first kappa shape index (κ1) is 23.4. The van der Waals surface area contributed by atoms with Crippen molar-refractivity contribution >= 4 is 36.8 Å². The fourth-order valence-electron chi connectivity index (χ4n) is 3.83. The molecule has 0 amide bonds. The number of likely N-dealkylation sites (tertiary alicyclic amines) is 1. The third kappa shape index (κ3) is 5.34. The van der Waals surface area contributed by atoms with Gasteiger partial charge in [0.2, 0.25) is 0 Å². The second-order valence-corrected chi connectivity index (χ2v) is 8.41. The molecule has 2 fully saturated rings. The first-order chi connectivity index (χ1) is 14.4. The van der Waals surface area contributed by atoms with Crippen LogP contribution < -0.4 is 0 Å². The molecule has 0 radical (unpaired) electrons. The molecule has 1 aliphatic carbocycles. The van der Waals surface area contributed by atoms with Crippen LogP contribution in [-0.2, 0) is 11.3 Å². The van der Waals surface area contributed by atoms with E-state index in [0.29, 0.717) is 25.2 Å². The molecule has 2 heterocycles. The molecule has 166 valence electrons. The highest BCUT2D eigenvalue weighted by Gasteiger charge is 2.40. The Morgan fingerprint density at radius 1 is 1.29 bits per heavy atom. The summed E-state index contributed by atoms with van der Waals surface area (Å²) >= 11 is 4.67. The van der Waals surface area contributed by atoms with Crippen LogP contribution in [0.1, 0.15) is 41.4 Å². The van der Waals surface area contributed by atoms with Gasteiger partial charge in [-0.3, -0.25) is 9.69 Å². The maximum absolute atomic E-state index is 14.6. The Labute approximate surface area is 191 Å². The van der Waals surface area contributed by atoms with E-state index in [1.165, 1.54) is 16.9 Å². The van der Waals surface area contributed by atoms with Gasteiger partial charge in [-0.2, -0.15) is 12.6 Å². The lowest BCUT2D eigenvalue weighted by molar-refractivity contribution is -0.126. The number of aromatic carboxylic acids is 1. The summed E-state index contributed by atoms with van der Waals surface area (Å²) in [5.74, 6) is -1.39. The number of Topliss-reactive ketones (excluding diaryl/α,β-unsaturated/α-hetero) is 1. The van der Waals surface area contributed by atoms with E-state index in [4.69, 9.17) is 5.11 Å². The Balaban J connectivity index is 0.00000272. The number of nitrogens with zero attached hydrogens (tertiary/aromatic N) is 4. The molecular weight excluding hydrogens is 443 g/mol. The molecule has 2 aromatic rings. The summed E-state index contributed by atoms with van der Waals surface area (Å²) in [6.45, 7) is 1.49. The summed E-state index contributed by atoms with van der Waals surface area (Å²) in [6, 6.07) is 5.88. The first-order valence-corrected chi connectivity index (χ1v) is 10.5. The quantitative estimate of drug-likeness (QED) is 0.481. The molecule has 0 spiro atoms. The van der Waals surface area contributed by atoms with Crippen molar-refractivity contribution in [3.05, 3.63) is 59.2 Å². The number of thiol groups is 1. The zero-order chi connectivity index (χ0) is 21.3. The smallest absolute Gasteiger partial charge is 0.358 e. The molecule has 1 N–H and O–H groups in total. The Kier molecular flexibility index (Phi) is 7.51. The van der Waals surface area contributed by atoms with E-state index >= 15 is 0 Å². The van der Waals surface area contributed by atoms with E-state index in [1.54, 1.807) is 18.2 Å². The second kappa shape index (κ2) is 9.93. The third-order valence-electron chi connectivity index (χ3n) is 5.62. The van der Waals surface area contributed by atoms with Crippen LogP contribution in [0.3, 0.4) is 0 Å². The number of carboxylic acid groups (broad SMARTS) is 1. The van der Waals surface area contributed by atoms with Crippen molar-refractivity contribution < 1.29 is 19.1 Å². The largest absolute Gasteiger partial charge is 0.476 e. The summed E-state index contributed by atoms with van der Waals surface area (Å²) in [5, 5.41) is 16.4. The van der Waals surface area contributed by atoms with E-state index in [0.717, 1.165) is 24.8 Å². The van der Waals surface area contributed by atoms with Gasteiger partial charge in [-0.25, -0.2) is 13.9 Å². The predicted octanol–water partition coefficient (Wildman–Crippen LogP) is 3.19. The van der Waals surface area contributed by atoms with E-state index in [1.807, 2.05) is 11.0 Å². The van der Waals surface area contributed by atoms with Gasteiger partial charge in [0.1, 0.15) is 5.82 Å². The molecular formula is C21H24ClFN4O3S. The number of carboxylic acids is 1. The molecule has 2 aliphatic rings. The summed E-state index contributed by atoms with van der Waals surface area (Å²) in [7, 11) is 0. The van der Waals surface area contributed by atoms with Gasteiger partial charge in [-0.05, 0) is 30.9 Å². The van der Waals surface area contributed by atoms with E-state index in [-0.39, 0.29) is 40.9 Å². The van der Waals surface area contributed by atoms with E-state index in [9.17, 15) is 14.0 Å². The Morgan fingerprint density at radius 2 is 2.03 bits per heavy atom. The molecule has 0 bridgehead atoms. The number of carbonyl (C=O) groups is 2. The predicted molar refractivity (Wildman–Crippen MR) is 118 cm³/mol. The number of rotatable bonds is 7. The van der Waals surface area contributed by atoms with Crippen molar-refractivity contribution in [2.75, 3.05) is 13.1 Å². The zero-order valence-electron chi connectivity index (χ0n) is 16.7. The monoisotopic (exact) mass is 466 g/mol. The number of hydrogen-bond acceptors (Lipinski definition) is 6. The number of benzene rings is 1. The molecule has 4 rings (SSSR count). The Morgan fingerprint density at radius 3 is 2.68 bits per heavy atom. The Hall–Kier alpha value is -2.23. The average molecular weight is 467 g/mol. The van der Waals surface area contributed by atoms with Crippen LogP contribution in [0.2, 0.25) is 0 Å². The molecule has 2 unspecified atom stereocenters. The maximum atomic E-state index is 14.6. The minimum Gasteiger partial charge on any atom is -0.476 e. The number of piperidine rings is 1. The fourth-order valence-corrected chi connectivity index (χ4v) is 4.13. The van der Waals surface area contributed by atoms with E-state index < -0.39 is 12.0 Å². The second-order valence-electron chi connectivity index (χ2n) is 7.79. The standard InChI is InChI=1S/C21H23FN4O3S.ClH/c22-16-4-2-1-3-15(16)19(20(27)13-5-6-13)25-9-8-18(30)14(11-25)7-10-26-12-17(21(28)29)23-24-26;/h1-4,7,12-13,18-19,30H,5-6,8-11H2,(H,28,29);1H. The highest BCUT2D eigenvalue weighted by Crippen LogP contribution is 2.39. The molecule has 2 atom stereocenters. The number of hydrogen-bond donors (Lipinski definition) is 2. The van der Waals surface area contributed by atoms with E-state index in [2.05, 4.69) is 22.9 Å². The van der Waals surface area contributed by atoms with Gasteiger partial charge in [0.15, 0.2) is 11.5 Å². The van der Waals surface area contributed by atoms with Gasteiger partial charge >= 0.3 is 5.97 Å². The molecule has 1 aromatic heterocycles. The molecule has 1 aliphatic heterocycles. The van der Waals surface area contributed by atoms with Crippen molar-refractivity contribution in [2.45, 2.75) is 37.1 Å². The topological polar surface area (TPSA) is 88.3 Å². The highest BCUT2D eigenvalue weighted by molar-refractivity contribution is 7.81. The van der Waals surface area contributed by atoms with Crippen LogP contribution in [0, 0.1) is 11.7 Å². The van der Waals surface area contributed by atoms with Gasteiger partial charge in [-0.15, -0.1) is 17.5 Å². The van der Waals surface area contributed by atoms with Crippen LogP contribution in [0.25, 0.3) is 0 Å². The lowest BCUT2D eigenvalue weighted by atomic mass is 9.93. The van der Waals surface area contributed by atoms with Crippen LogP contribution in [-0.4, -0.2) is 55.1 Å². The summed E-state index contributed by atoms with van der Waals surface area (Å²) in [6.07, 6.45) is 5.77. The molecule has 1 aromatic carbocycles. The third-order valence-corrected chi connectivity index (χ3v) is 6.21. The van der Waals surface area contributed by atoms with Crippen molar-refractivity contribution in [2.24, 2.45) is 5.92 Å². The van der Waals surface area contributed by atoms with Crippen molar-refractivity contribution in [3.8, 4) is 0 Å². The normalized spacial score (nSPS) is 21.5. The summed E-state index contributed by atoms with van der Waals surface area (Å²) in [4.78, 5) is 26.1. The van der Waals surface area contributed by atoms with Gasteiger partial charge in [0, 0.05) is 29.8 Å². The summed E-state index contributed by atoms with van der Waals surface area (Å²) < 4.78 is 16.0. The van der Waals surface area contributed by atoms with Gasteiger partial charge in [-0.1, -0.05) is 29.5 Å². The zero-order valence-corrected chi connectivity index (χ0v) is 18.4. The van der Waals surface area contributed by atoms with Gasteiger partial charge in [0.05, 0.1) is 18.8 Å². The number of carbonyl (C=O) groups excluding carboxylic acids is 1. The fraction of sp³-hybridized carbons (Fsp3) is 0.429. The molecule has 1 saturated heterocycles. The lowest BCUT2D eigenvalue weighted by Crippen LogP contribution is -2.42. The minimum atomic E-state index is -1.13. The molecule has 31 heavy (non-hydrogen) atoms. The van der Waals surface area contributed by atoms with Crippen LogP contribution in [0.5, 0.6) is 0 Å². The molecule has 10 heteroatoms. The number of halogens is 2. The van der Waals surface area contributed by atoms with Crippen molar-refractivity contribution in [1.29, 1.82) is 0 Å². The first-order valence-electron chi connectivity index (χ1n) is 9.96. The molecule has 7 nitrogen and oxygen atoms in total. The maximum Gasteiger partial charge on any atom is 0.358 e. The average Bonchev–Trinajstić information content (AvgIpc) is 3.47. The number of allylic oxidation sites excluding steroid dienone is 1. The highest BCUT2D eigenvalue weighted by atomic mass is 35.5. The van der Waals surface area contributed by atoms with Crippen LogP contribution in [0.15, 0.2) is 42.1 Å². The van der Waals surface area contributed by atoms with Crippen molar-refractivity contribution in [1.82, 2.24) is 19.9 Å². The molecule has 1 saturated carbocycles.